The van der Waals surface area contributed by atoms with E-state index >= 15 is 0 Å². The zero-order chi connectivity index (χ0) is 15.2. The number of rotatable bonds is 6. The largest absolute Gasteiger partial charge is 0.496 e. The first kappa shape index (κ1) is 16.4. The normalized spacial score (nSPS) is 10.7. The monoisotopic (exact) mass is 343 g/mol. The number of benzene rings is 2. The maximum Gasteiger partial charge on any atom is 0.123 e. The van der Waals surface area contributed by atoms with Crippen molar-refractivity contribution in [2.75, 3.05) is 13.7 Å². The Kier molecular flexibility index (Phi) is 6.19. The predicted molar refractivity (Wildman–Crippen MR) is 89.9 cm³/mol. The maximum atomic E-state index is 6.14. The third-order valence-corrected chi connectivity index (χ3v) is 3.97. The van der Waals surface area contributed by atoms with Gasteiger partial charge in [0.15, 0.2) is 0 Å². The zero-order valence-electron chi connectivity index (χ0n) is 11.6. The van der Waals surface area contributed by atoms with Gasteiger partial charge in [-0.15, -0.1) is 0 Å². The molecule has 2 nitrogen and oxygen atoms in total. The van der Waals surface area contributed by atoms with Crippen molar-refractivity contribution in [2.24, 2.45) is 0 Å². The van der Waals surface area contributed by atoms with Gasteiger partial charge in [-0.05, 0) is 48.9 Å². The van der Waals surface area contributed by atoms with E-state index in [1.807, 2.05) is 30.3 Å². The van der Waals surface area contributed by atoms with Crippen LogP contribution in [0.4, 0.5) is 0 Å². The average molecular weight is 345 g/mol. The van der Waals surface area contributed by atoms with Crippen molar-refractivity contribution in [3.05, 3.63) is 62.6 Å². The zero-order valence-corrected chi connectivity index (χ0v) is 13.9. The molecule has 0 heterocycles. The van der Waals surface area contributed by atoms with Crippen LogP contribution in [0.5, 0.6) is 5.75 Å². The Morgan fingerprint density at radius 1 is 0.952 bits per heavy atom. The molecule has 0 atom stereocenters. The summed E-state index contributed by atoms with van der Waals surface area (Å²) in [4.78, 5) is 0. The van der Waals surface area contributed by atoms with E-state index in [1.54, 1.807) is 13.2 Å². The van der Waals surface area contributed by atoms with E-state index in [1.165, 1.54) is 0 Å². The summed E-state index contributed by atoms with van der Waals surface area (Å²) in [6, 6.07) is 11.2. The van der Waals surface area contributed by atoms with E-state index in [-0.39, 0.29) is 0 Å². The molecular weight excluding hydrogens is 329 g/mol. The molecule has 0 unspecified atom stereocenters. The lowest BCUT2D eigenvalue weighted by atomic mass is 10.1. The third-order valence-electron chi connectivity index (χ3n) is 3.14. The van der Waals surface area contributed by atoms with Crippen LogP contribution < -0.4 is 10.1 Å². The molecule has 0 bridgehead atoms. The van der Waals surface area contributed by atoms with Gasteiger partial charge in [0.05, 0.1) is 7.11 Å². The van der Waals surface area contributed by atoms with Crippen LogP contribution in [-0.2, 0) is 13.0 Å². The summed E-state index contributed by atoms with van der Waals surface area (Å²) < 4.78 is 5.31. The van der Waals surface area contributed by atoms with Crippen LogP contribution in [0.3, 0.4) is 0 Å². The van der Waals surface area contributed by atoms with Crippen molar-refractivity contribution in [3.8, 4) is 5.75 Å². The summed E-state index contributed by atoms with van der Waals surface area (Å²) in [6.07, 6.45) is 0.832. The van der Waals surface area contributed by atoms with Gasteiger partial charge in [0.25, 0.3) is 0 Å². The number of methoxy groups -OCH3 is 1. The smallest absolute Gasteiger partial charge is 0.123 e. The van der Waals surface area contributed by atoms with Gasteiger partial charge in [-0.3, -0.25) is 0 Å². The SMILES string of the molecule is COc1ccc(Cl)cc1CNCCc1ccc(Cl)cc1Cl. The molecule has 0 aliphatic rings. The van der Waals surface area contributed by atoms with Gasteiger partial charge < -0.3 is 10.1 Å². The van der Waals surface area contributed by atoms with Gasteiger partial charge in [-0.1, -0.05) is 40.9 Å². The first-order valence-electron chi connectivity index (χ1n) is 6.57. The summed E-state index contributed by atoms with van der Waals surface area (Å²) in [6.45, 7) is 1.49. The molecule has 0 saturated heterocycles. The van der Waals surface area contributed by atoms with E-state index in [4.69, 9.17) is 39.5 Å². The first-order chi connectivity index (χ1) is 10.1. The summed E-state index contributed by atoms with van der Waals surface area (Å²) >= 11 is 18.0. The van der Waals surface area contributed by atoms with E-state index < -0.39 is 0 Å². The number of hydrogen-bond donors (Lipinski definition) is 1. The van der Waals surface area contributed by atoms with Crippen molar-refractivity contribution in [2.45, 2.75) is 13.0 Å². The van der Waals surface area contributed by atoms with Gasteiger partial charge in [0.2, 0.25) is 0 Å². The lowest BCUT2D eigenvalue weighted by Gasteiger charge is -2.10. The molecule has 0 amide bonds. The minimum Gasteiger partial charge on any atom is -0.496 e. The Morgan fingerprint density at radius 3 is 2.38 bits per heavy atom. The molecule has 2 aromatic rings. The van der Waals surface area contributed by atoms with Crippen LogP contribution in [0.1, 0.15) is 11.1 Å². The fourth-order valence-corrected chi connectivity index (χ4v) is 2.75. The van der Waals surface area contributed by atoms with Crippen LogP contribution in [0.2, 0.25) is 15.1 Å². The van der Waals surface area contributed by atoms with Gasteiger partial charge in [0, 0.05) is 27.2 Å². The number of ether oxygens (including phenoxy) is 1. The molecule has 0 spiro atoms. The molecule has 21 heavy (non-hydrogen) atoms. The van der Waals surface area contributed by atoms with E-state index in [2.05, 4.69) is 5.32 Å². The predicted octanol–water partition coefficient (Wildman–Crippen LogP) is 4.99. The molecule has 0 aliphatic carbocycles. The van der Waals surface area contributed by atoms with Gasteiger partial charge in [-0.25, -0.2) is 0 Å². The fourth-order valence-electron chi connectivity index (χ4n) is 2.06. The van der Waals surface area contributed by atoms with Crippen molar-refractivity contribution in [1.29, 1.82) is 0 Å². The summed E-state index contributed by atoms with van der Waals surface area (Å²) in [5.74, 6) is 0.830. The fraction of sp³-hybridized carbons (Fsp3) is 0.250. The molecular formula is C16H16Cl3NO. The van der Waals surface area contributed by atoms with Crippen molar-refractivity contribution >= 4 is 34.8 Å². The number of halogens is 3. The topological polar surface area (TPSA) is 21.3 Å². The average Bonchev–Trinajstić information content (AvgIpc) is 2.45. The summed E-state index contributed by atoms with van der Waals surface area (Å²) in [7, 11) is 1.65. The minimum atomic E-state index is 0.653. The Morgan fingerprint density at radius 2 is 1.67 bits per heavy atom. The highest BCUT2D eigenvalue weighted by atomic mass is 35.5. The lowest BCUT2D eigenvalue weighted by Crippen LogP contribution is -2.17. The standard InChI is InChI=1S/C16H16Cl3NO/c1-21-16-5-4-13(17)8-12(16)10-20-7-6-11-2-3-14(18)9-15(11)19/h2-5,8-9,20H,6-7,10H2,1H3. The Bertz CT molecular complexity index is 616. The van der Waals surface area contributed by atoms with Gasteiger partial charge >= 0.3 is 0 Å². The van der Waals surface area contributed by atoms with Crippen LogP contribution in [0.25, 0.3) is 0 Å². The molecule has 1 N–H and O–H groups in total. The van der Waals surface area contributed by atoms with Crippen molar-refractivity contribution in [1.82, 2.24) is 5.32 Å². The number of nitrogens with one attached hydrogen (secondary N) is 1. The molecule has 5 heteroatoms. The molecule has 2 rings (SSSR count). The summed E-state index contributed by atoms with van der Waals surface area (Å²) in [5.41, 5.74) is 2.11. The Hall–Kier alpha value is -0.930. The van der Waals surface area contributed by atoms with E-state index in [0.717, 1.165) is 29.8 Å². The highest BCUT2D eigenvalue weighted by Crippen LogP contribution is 2.23. The molecule has 0 fully saturated rings. The second kappa shape index (κ2) is 7.90. The molecule has 0 saturated carbocycles. The van der Waals surface area contributed by atoms with Crippen LogP contribution in [0.15, 0.2) is 36.4 Å². The number of hydrogen-bond acceptors (Lipinski definition) is 2. The van der Waals surface area contributed by atoms with Crippen molar-refractivity contribution < 1.29 is 4.74 Å². The quantitative estimate of drug-likeness (QED) is 0.746. The van der Waals surface area contributed by atoms with Gasteiger partial charge in [-0.2, -0.15) is 0 Å². The van der Waals surface area contributed by atoms with Crippen LogP contribution in [-0.4, -0.2) is 13.7 Å². The lowest BCUT2D eigenvalue weighted by molar-refractivity contribution is 0.408. The maximum absolute atomic E-state index is 6.14. The van der Waals surface area contributed by atoms with E-state index in [0.29, 0.717) is 21.6 Å². The third kappa shape index (κ3) is 4.79. The Labute approximate surface area is 140 Å². The van der Waals surface area contributed by atoms with Crippen LogP contribution >= 0.6 is 34.8 Å². The molecule has 2 aromatic carbocycles. The first-order valence-corrected chi connectivity index (χ1v) is 7.70. The second-order valence-electron chi connectivity index (χ2n) is 4.62. The van der Waals surface area contributed by atoms with E-state index in [9.17, 15) is 0 Å². The van der Waals surface area contributed by atoms with Gasteiger partial charge in [0.1, 0.15) is 5.75 Å². The molecule has 112 valence electrons. The second-order valence-corrected chi connectivity index (χ2v) is 5.90. The summed E-state index contributed by atoms with van der Waals surface area (Å²) in [5, 5.41) is 5.42. The minimum absolute atomic E-state index is 0.653. The highest BCUT2D eigenvalue weighted by molar-refractivity contribution is 6.35. The molecule has 0 aromatic heterocycles. The Balaban J connectivity index is 1.88. The highest BCUT2D eigenvalue weighted by Gasteiger charge is 2.04. The molecule has 0 radical (unpaired) electrons. The van der Waals surface area contributed by atoms with Crippen LogP contribution in [0, 0.1) is 0 Å². The molecule has 0 aliphatic heterocycles. The van der Waals surface area contributed by atoms with Crippen molar-refractivity contribution in [3.63, 3.8) is 0 Å².